The van der Waals surface area contributed by atoms with Crippen LogP contribution in [0.5, 0.6) is 0 Å². The van der Waals surface area contributed by atoms with Crippen molar-refractivity contribution >= 4 is 0 Å². The number of benzene rings is 1. The number of allylic oxidation sites excluding steroid dienone is 4. The summed E-state index contributed by atoms with van der Waals surface area (Å²) in [5.74, 6) is -2.44. The maximum Gasteiger partial charge on any atom is 0.214 e. The lowest BCUT2D eigenvalue weighted by Gasteiger charge is -2.38. The first-order valence-corrected chi connectivity index (χ1v) is 9.05. The van der Waals surface area contributed by atoms with Crippen molar-refractivity contribution in [1.29, 1.82) is 0 Å². The van der Waals surface area contributed by atoms with E-state index in [2.05, 4.69) is 6.92 Å². The molecule has 2 aliphatic carbocycles. The van der Waals surface area contributed by atoms with E-state index in [1.54, 1.807) is 12.1 Å². The van der Waals surface area contributed by atoms with Crippen LogP contribution in [0.15, 0.2) is 54.1 Å². The molecule has 0 bridgehead atoms. The number of halogens is 3. The summed E-state index contributed by atoms with van der Waals surface area (Å²) in [7, 11) is 0. The van der Waals surface area contributed by atoms with Gasteiger partial charge in [-0.2, -0.15) is 0 Å². The molecule has 0 N–H and O–H groups in total. The summed E-state index contributed by atoms with van der Waals surface area (Å²) >= 11 is 0. The third-order valence-electron chi connectivity index (χ3n) is 5.64. The van der Waals surface area contributed by atoms with Crippen molar-refractivity contribution in [3.05, 3.63) is 59.7 Å². The minimum atomic E-state index is -2.55. The highest BCUT2D eigenvalue weighted by Gasteiger charge is 2.50. The highest BCUT2D eigenvalue weighted by Crippen LogP contribution is 2.50. The van der Waals surface area contributed by atoms with Gasteiger partial charge in [0.1, 0.15) is 11.7 Å². The van der Waals surface area contributed by atoms with Crippen molar-refractivity contribution in [1.82, 2.24) is 0 Å². The number of hydrogen-bond acceptors (Lipinski definition) is 0. The standard InChI is InChI=1S/C21H25F3/c1-2-6-15-9-11-18(12-10-15)21(24)19(22)13-17(14-20(21)23)16-7-4-3-5-8-16/h3-5,7-8,13-15,17-18H,2,6,9-12H2,1H3/t15-,17?,18-,21?. The molecule has 0 aliphatic heterocycles. The number of hydrogen-bond donors (Lipinski definition) is 0. The number of alkyl halides is 1. The van der Waals surface area contributed by atoms with Crippen LogP contribution in [0.25, 0.3) is 0 Å². The molecule has 1 aromatic carbocycles. The van der Waals surface area contributed by atoms with E-state index in [1.165, 1.54) is 12.2 Å². The Balaban J connectivity index is 1.78. The van der Waals surface area contributed by atoms with Gasteiger partial charge >= 0.3 is 0 Å². The van der Waals surface area contributed by atoms with Crippen LogP contribution in [0.2, 0.25) is 0 Å². The third kappa shape index (κ3) is 3.18. The van der Waals surface area contributed by atoms with E-state index in [0.717, 1.165) is 31.2 Å². The van der Waals surface area contributed by atoms with E-state index in [1.807, 2.05) is 18.2 Å². The van der Waals surface area contributed by atoms with Gasteiger partial charge in [0, 0.05) is 11.8 Å². The minimum absolute atomic E-state index is 0.536. The molecule has 0 amide bonds. The van der Waals surface area contributed by atoms with Crippen LogP contribution in [0.1, 0.15) is 56.9 Å². The Bertz CT molecular complexity index is 589. The Morgan fingerprint density at radius 3 is 2.08 bits per heavy atom. The molecule has 3 heteroatoms. The average molecular weight is 334 g/mol. The molecule has 0 radical (unpaired) electrons. The highest BCUT2D eigenvalue weighted by atomic mass is 19.2. The molecule has 3 rings (SSSR count). The van der Waals surface area contributed by atoms with Gasteiger partial charge in [-0.25, -0.2) is 13.2 Å². The summed E-state index contributed by atoms with van der Waals surface area (Å²) in [5.41, 5.74) is -1.78. The van der Waals surface area contributed by atoms with Crippen LogP contribution in [-0.2, 0) is 0 Å². The Hall–Kier alpha value is -1.51. The molecule has 1 saturated carbocycles. The van der Waals surface area contributed by atoms with Gasteiger partial charge in [0.25, 0.3) is 0 Å². The normalized spacial score (nSPS) is 33.8. The molecule has 0 spiro atoms. The largest absolute Gasteiger partial charge is 0.228 e. The van der Waals surface area contributed by atoms with Gasteiger partial charge in [-0.3, -0.25) is 0 Å². The van der Waals surface area contributed by atoms with Crippen molar-refractivity contribution in [2.45, 2.75) is 57.0 Å². The summed E-state index contributed by atoms with van der Waals surface area (Å²) in [6.07, 6.45) is 7.57. The first kappa shape index (κ1) is 17.3. The van der Waals surface area contributed by atoms with Gasteiger partial charge in [-0.05, 0) is 36.5 Å². The van der Waals surface area contributed by atoms with Crippen LogP contribution in [0, 0.1) is 11.8 Å². The summed E-state index contributed by atoms with van der Waals surface area (Å²) in [5, 5.41) is 0. The molecule has 1 fully saturated rings. The molecule has 0 nitrogen and oxygen atoms in total. The zero-order valence-corrected chi connectivity index (χ0v) is 14.2. The fraction of sp³-hybridized carbons (Fsp3) is 0.524. The van der Waals surface area contributed by atoms with E-state index >= 15 is 4.39 Å². The average Bonchev–Trinajstić information content (AvgIpc) is 2.61. The minimum Gasteiger partial charge on any atom is -0.228 e. The molecular weight excluding hydrogens is 309 g/mol. The second-order valence-corrected chi connectivity index (χ2v) is 7.18. The Morgan fingerprint density at radius 2 is 1.54 bits per heavy atom. The van der Waals surface area contributed by atoms with Crippen molar-refractivity contribution < 1.29 is 13.2 Å². The van der Waals surface area contributed by atoms with Gasteiger partial charge in [0.15, 0.2) is 0 Å². The van der Waals surface area contributed by atoms with E-state index in [4.69, 9.17) is 0 Å². The summed E-state index contributed by atoms with van der Waals surface area (Å²) < 4.78 is 44.7. The molecule has 0 saturated heterocycles. The third-order valence-corrected chi connectivity index (χ3v) is 5.64. The molecule has 0 heterocycles. The lowest BCUT2D eigenvalue weighted by atomic mass is 9.70. The van der Waals surface area contributed by atoms with Crippen molar-refractivity contribution in [2.24, 2.45) is 11.8 Å². The fourth-order valence-electron chi connectivity index (χ4n) is 4.23. The smallest absolute Gasteiger partial charge is 0.214 e. The topological polar surface area (TPSA) is 0 Å². The molecule has 130 valence electrons. The lowest BCUT2D eigenvalue weighted by Crippen LogP contribution is -2.39. The SMILES string of the molecule is CCC[C@H]1CC[C@H](C2(F)C(F)=CC(c3ccccc3)C=C2F)CC1. The molecular formula is C21H25F3. The second kappa shape index (κ2) is 7.16. The highest BCUT2D eigenvalue weighted by molar-refractivity contribution is 5.40. The molecule has 0 unspecified atom stereocenters. The van der Waals surface area contributed by atoms with Gasteiger partial charge in [-0.1, -0.05) is 62.9 Å². The first-order valence-electron chi connectivity index (χ1n) is 9.05. The fourth-order valence-corrected chi connectivity index (χ4v) is 4.23. The molecule has 0 atom stereocenters. The van der Waals surface area contributed by atoms with Crippen molar-refractivity contribution in [3.63, 3.8) is 0 Å². The Labute approximate surface area is 142 Å². The molecule has 0 aromatic heterocycles. The summed E-state index contributed by atoms with van der Waals surface area (Å²) in [4.78, 5) is 0. The van der Waals surface area contributed by atoms with E-state index in [-0.39, 0.29) is 0 Å². The van der Waals surface area contributed by atoms with Crippen molar-refractivity contribution in [2.75, 3.05) is 0 Å². The molecule has 2 aliphatic rings. The quantitative estimate of drug-likeness (QED) is 0.567. The van der Waals surface area contributed by atoms with E-state index < -0.39 is 29.2 Å². The van der Waals surface area contributed by atoms with Gasteiger partial charge in [0.05, 0.1) is 0 Å². The first-order chi connectivity index (χ1) is 11.6. The van der Waals surface area contributed by atoms with Crippen LogP contribution >= 0.6 is 0 Å². The maximum absolute atomic E-state index is 15.4. The monoisotopic (exact) mass is 334 g/mol. The maximum atomic E-state index is 15.4. The Kier molecular flexibility index (Phi) is 5.17. The van der Waals surface area contributed by atoms with Crippen LogP contribution in [0.3, 0.4) is 0 Å². The number of rotatable bonds is 4. The zero-order chi connectivity index (χ0) is 17.2. The summed E-state index contributed by atoms with van der Waals surface area (Å²) in [6, 6.07) is 9.09. The van der Waals surface area contributed by atoms with Crippen LogP contribution in [0.4, 0.5) is 13.2 Å². The van der Waals surface area contributed by atoms with Gasteiger partial charge in [-0.15, -0.1) is 0 Å². The van der Waals surface area contributed by atoms with Crippen LogP contribution in [-0.4, -0.2) is 5.67 Å². The van der Waals surface area contributed by atoms with E-state index in [9.17, 15) is 8.78 Å². The van der Waals surface area contributed by atoms with Crippen LogP contribution < -0.4 is 0 Å². The van der Waals surface area contributed by atoms with Crippen molar-refractivity contribution in [3.8, 4) is 0 Å². The van der Waals surface area contributed by atoms with Gasteiger partial charge < -0.3 is 0 Å². The molecule has 1 aromatic rings. The summed E-state index contributed by atoms with van der Waals surface area (Å²) in [6.45, 7) is 2.14. The van der Waals surface area contributed by atoms with Gasteiger partial charge in [0.2, 0.25) is 5.67 Å². The predicted molar refractivity (Wildman–Crippen MR) is 91.8 cm³/mol. The molecule has 24 heavy (non-hydrogen) atoms. The van der Waals surface area contributed by atoms with E-state index in [0.29, 0.717) is 18.8 Å². The lowest BCUT2D eigenvalue weighted by molar-refractivity contribution is 0.0654. The predicted octanol–water partition coefficient (Wildman–Crippen LogP) is 6.81. The zero-order valence-electron chi connectivity index (χ0n) is 14.2. The Morgan fingerprint density at radius 1 is 0.958 bits per heavy atom. The second-order valence-electron chi connectivity index (χ2n) is 7.18.